The molecule has 7 heteroatoms. The van der Waals surface area contributed by atoms with Crippen molar-refractivity contribution in [1.29, 1.82) is 0 Å². The molecule has 2 aromatic carbocycles. The smallest absolute Gasteiger partial charge is 0.422 e. The second-order valence-electron chi connectivity index (χ2n) is 6.36. The molecular weight excluding hydrogens is 367 g/mol. The molecule has 2 aromatic rings. The van der Waals surface area contributed by atoms with Gasteiger partial charge in [-0.05, 0) is 48.6 Å². The number of hydrogen-bond acceptors (Lipinski definition) is 2. The molecule has 1 saturated carbocycles. The van der Waals surface area contributed by atoms with Gasteiger partial charge in [0.1, 0.15) is 5.75 Å². The predicted molar refractivity (Wildman–Crippen MR) is 93.7 cm³/mol. The van der Waals surface area contributed by atoms with Gasteiger partial charge >= 0.3 is 6.18 Å². The molecule has 0 aromatic heterocycles. The molecular formula is C19H17ClF3NO2. The largest absolute Gasteiger partial charge is 0.482 e. The van der Waals surface area contributed by atoms with Crippen LogP contribution in [-0.2, 0) is 4.79 Å². The number of amides is 1. The number of carbonyl (C=O) groups excluding carboxylic acids is 1. The standard InChI is InChI=1S/C19H17ClF3NO2/c1-11-6-7-16(17(8-11)26-10-19(21,22)23)24-18(25)14-9-13(14)12-4-2-3-5-15(12)20/h2-8,13-14H,9-10H2,1H3,(H,24,25). The molecule has 0 bridgehead atoms. The summed E-state index contributed by atoms with van der Waals surface area (Å²) in [4.78, 5) is 12.5. The van der Waals surface area contributed by atoms with E-state index in [9.17, 15) is 18.0 Å². The molecule has 0 spiro atoms. The van der Waals surface area contributed by atoms with Crippen molar-refractivity contribution in [3.63, 3.8) is 0 Å². The van der Waals surface area contributed by atoms with Crippen molar-refractivity contribution in [2.75, 3.05) is 11.9 Å². The Morgan fingerprint density at radius 2 is 2.00 bits per heavy atom. The minimum Gasteiger partial charge on any atom is -0.482 e. The minimum absolute atomic E-state index is 0.00520. The van der Waals surface area contributed by atoms with Crippen molar-refractivity contribution >= 4 is 23.2 Å². The molecule has 2 unspecified atom stereocenters. The van der Waals surface area contributed by atoms with Crippen LogP contribution in [0.15, 0.2) is 42.5 Å². The Morgan fingerprint density at radius 1 is 1.27 bits per heavy atom. The molecule has 2 atom stereocenters. The van der Waals surface area contributed by atoms with Gasteiger partial charge in [-0.3, -0.25) is 4.79 Å². The van der Waals surface area contributed by atoms with Crippen molar-refractivity contribution in [2.24, 2.45) is 5.92 Å². The summed E-state index contributed by atoms with van der Waals surface area (Å²) in [6.45, 7) is 0.325. The van der Waals surface area contributed by atoms with Crippen LogP contribution < -0.4 is 10.1 Å². The van der Waals surface area contributed by atoms with E-state index in [2.05, 4.69) is 5.32 Å². The molecule has 138 valence electrons. The zero-order chi connectivity index (χ0) is 18.9. The first kappa shape index (κ1) is 18.6. The Morgan fingerprint density at radius 3 is 2.69 bits per heavy atom. The number of nitrogens with one attached hydrogen (secondary N) is 1. The van der Waals surface area contributed by atoms with Gasteiger partial charge in [-0.25, -0.2) is 0 Å². The fraction of sp³-hybridized carbons (Fsp3) is 0.316. The van der Waals surface area contributed by atoms with Gasteiger partial charge in [0.15, 0.2) is 6.61 Å². The summed E-state index contributed by atoms with van der Waals surface area (Å²) in [7, 11) is 0. The summed E-state index contributed by atoms with van der Waals surface area (Å²) in [6, 6.07) is 12.1. The lowest BCUT2D eigenvalue weighted by Gasteiger charge is -2.14. The summed E-state index contributed by atoms with van der Waals surface area (Å²) in [5.74, 6) is -0.485. The molecule has 3 rings (SSSR count). The molecule has 1 N–H and O–H groups in total. The van der Waals surface area contributed by atoms with E-state index in [4.69, 9.17) is 16.3 Å². The normalized spacial score (nSPS) is 19.1. The van der Waals surface area contributed by atoms with Gasteiger partial charge in [0.25, 0.3) is 0 Å². The van der Waals surface area contributed by atoms with E-state index in [1.807, 2.05) is 18.2 Å². The van der Waals surface area contributed by atoms with E-state index in [0.29, 0.717) is 11.4 Å². The number of aryl methyl sites for hydroxylation is 1. The first-order valence-electron chi connectivity index (χ1n) is 8.10. The van der Waals surface area contributed by atoms with E-state index in [0.717, 1.165) is 11.1 Å². The van der Waals surface area contributed by atoms with Crippen LogP contribution in [0.5, 0.6) is 5.75 Å². The number of benzene rings is 2. The first-order valence-corrected chi connectivity index (χ1v) is 8.48. The van der Waals surface area contributed by atoms with Crippen LogP contribution >= 0.6 is 11.6 Å². The maximum atomic E-state index is 12.5. The summed E-state index contributed by atoms with van der Waals surface area (Å²) in [5, 5.41) is 3.29. The number of rotatable bonds is 5. The van der Waals surface area contributed by atoms with E-state index >= 15 is 0 Å². The maximum absolute atomic E-state index is 12.5. The highest BCUT2D eigenvalue weighted by Gasteiger charge is 2.45. The van der Waals surface area contributed by atoms with Crippen LogP contribution in [-0.4, -0.2) is 18.7 Å². The van der Waals surface area contributed by atoms with Crippen LogP contribution in [0.25, 0.3) is 0 Å². The number of hydrogen-bond donors (Lipinski definition) is 1. The highest BCUT2D eigenvalue weighted by Crippen LogP contribution is 2.50. The number of alkyl halides is 3. The topological polar surface area (TPSA) is 38.3 Å². The third-order valence-corrected chi connectivity index (χ3v) is 4.56. The summed E-state index contributed by atoms with van der Waals surface area (Å²) in [6.07, 6.45) is -3.79. The van der Waals surface area contributed by atoms with E-state index in [1.54, 1.807) is 25.1 Å². The summed E-state index contributed by atoms with van der Waals surface area (Å²) in [5.41, 5.74) is 1.88. The second kappa shape index (κ2) is 7.19. The Balaban J connectivity index is 1.69. The van der Waals surface area contributed by atoms with Crippen molar-refractivity contribution in [3.8, 4) is 5.75 Å². The average molecular weight is 384 g/mol. The van der Waals surface area contributed by atoms with Gasteiger partial charge in [-0.1, -0.05) is 35.9 Å². The number of halogens is 4. The minimum atomic E-state index is -4.45. The Hall–Kier alpha value is -2.21. The maximum Gasteiger partial charge on any atom is 0.422 e. The molecule has 0 saturated heterocycles. The van der Waals surface area contributed by atoms with Gasteiger partial charge in [-0.2, -0.15) is 13.2 Å². The predicted octanol–water partition coefficient (Wildman–Crippen LogP) is 5.33. The van der Waals surface area contributed by atoms with Crippen LogP contribution in [0, 0.1) is 12.8 Å². The third-order valence-electron chi connectivity index (χ3n) is 4.22. The van der Waals surface area contributed by atoms with Gasteiger partial charge in [0.05, 0.1) is 5.69 Å². The molecule has 1 amide bonds. The number of carbonyl (C=O) groups is 1. The molecule has 3 nitrogen and oxygen atoms in total. The van der Waals surface area contributed by atoms with Crippen molar-refractivity contribution < 1.29 is 22.7 Å². The van der Waals surface area contributed by atoms with E-state index in [-0.39, 0.29) is 29.2 Å². The Bertz CT molecular complexity index is 823. The fourth-order valence-electron chi connectivity index (χ4n) is 2.84. The summed E-state index contributed by atoms with van der Waals surface area (Å²) < 4.78 is 42.1. The highest BCUT2D eigenvalue weighted by atomic mass is 35.5. The van der Waals surface area contributed by atoms with E-state index in [1.165, 1.54) is 6.07 Å². The molecule has 1 fully saturated rings. The van der Waals surface area contributed by atoms with Crippen LogP contribution in [0.3, 0.4) is 0 Å². The number of anilines is 1. The van der Waals surface area contributed by atoms with Crippen LogP contribution in [0.2, 0.25) is 5.02 Å². The lowest BCUT2D eigenvalue weighted by Crippen LogP contribution is -2.21. The SMILES string of the molecule is Cc1ccc(NC(=O)C2CC2c2ccccc2Cl)c(OCC(F)(F)F)c1. The zero-order valence-corrected chi connectivity index (χ0v) is 14.7. The average Bonchev–Trinajstić information content (AvgIpc) is 3.35. The first-order chi connectivity index (χ1) is 12.2. The fourth-order valence-corrected chi connectivity index (χ4v) is 3.12. The third kappa shape index (κ3) is 4.49. The molecule has 1 aliphatic carbocycles. The van der Waals surface area contributed by atoms with Crippen molar-refractivity contribution in [2.45, 2.75) is 25.4 Å². The molecule has 0 aliphatic heterocycles. The lowest BCUT2D eigenvalue weighted by molar-refractivity contribution is -0.153. The van der Waals surface area contributed by atoms with Gasteiger partial charge < -0.3 is 10.1 Å². The van der Waals surface area contributed by atoms with Crippen molar-refractivity contribution in [3.05, 3.63) is 58.6 Å². The number of ether oxygens (including phenoxy) is 1. The molecule has 0 radical (unpaired) electrons. The Labute approximate surface area is 154 Å². The zero-order valence-electron chi connectivity index (χ0n) is 13.9. The molecule has 0 heterocycles. The highest BCUT2D eigenvalue weighted by molar-refractivity contribution is 6.31. The molecule has 1 aliphatic rings. The summed E-state index contributed by atoms with van der Waals surface area (Å²) >= 11 is 6.16. The van der Waals surface area contributed by atoms with E-state index < -0.39 is 12.8 Å². The molecule has 26 heavy (non-hydrogen) atoms. The Kier molecular flexibility index (Phi) is 5.14. The van der Waals surface area contributed by atoms with Crippen LogP contribution in [0.4, 0.5) is 18.9 Å². The van der Waals surface area contributed by atoms with Gasteiger partial charge in [-0.15, -0.1) is 0 Å². The van der Waals surface area contributed by atoms with Crippen LogP contribution in [0.1, 0.15) is 23.5 Å². The van der Waals surface area contributed by atoms with Gasteiger partial charge in [0, 0.05) is 10.9 Å². The second-order valence-corrected chi connectivity index (χ2v) is 6.77. The lowest BCUT2D eigenvalue weighted by atomic mass is 10.1. The quantitative estimate of drug-likeness (QED) is 0.757. The monoisotopic (exact) mass is 383 g/mol. The van der Waals surface area contributed by atoms with Gasteiger partial charge in [0.2, 0.25) is 5.91 Å². The van der Waals surface area contributed by atoms with Crippen molar-refractivity contribution in [1.82, 2.24) is 0 Å².